The Hall–Kier alpha value is -1.05. The number of fused-ring (bicyclic) bond motifs is 7. The quantitative estimate of drug-likeness (QED) is 0.728. The first-order chi connectivity index (χ1) is 10.6. The number of carbonyl (C=O) groups excluding carboxylic acids is 1. The molecule has 3 fully saturated rings. The molecule has 0 amide bonds. The summed E-state index contributed by atoms with van der Waals surface area (Å²) in [5, 5.41) is 0. The highest BCUT2D eigenvalue weighted by atomic mass is 16.5. The van der Waals surface area contributed by atoms with Gasteiger partial charge in [0, 0.05) is 17.8 Å². The first kappa shape index (κ1) is 13.4. The highest BCUT2D eigenvalue weighted by molar-refractivity contribution is 5.92. The molecule has 0 aromatic carbocycles. The van der Waals surface area contributed by atoms with E-state index in [-0.39, 0.29) is 5.41 Å². The Morgan fingerprint density at radius 2 is 2.05 bits per heavy atom. The van der Waals surface area contributed by atoms with Gasteiger partial charge in [0.1, 0.15) is 5.78 Å². The van der Waals surface area contributed by atoms with Crippen molar-refractivity contribution >= 4 is 5.78 Å². The summed E-state index contributed by atoms with van der Waals surface area (Å²) < 4.78 is 5.47. The van der Waals surface area contributed by atoms with Crippen molar-refractivity contribution in [2.24, 2.45) is 40.9 Å². The Morgan fingerprint density at radius 1 is 1.18 bits per heavy atom. The van der Waals surface area contributed by atoms with Crippen molar-refractivity contribution in [2.45, 2.75) is 45.4 Å². The largest absolute Gasteiger partial charge is 0.501 e. The van der Waals surface area contributed by atoms with Crippen LogP contribution in [-0.2, 0) is 9.53 Å². The third-order valence-electron chi connectivity index (χ3n) is 7.81. The third kappa shape index (κ3) is 1.54. The third-order valence-corrected chi connectivity index (χ3v) is 7.81. The lowest BCUT2D eigenvalue weighted by Gasteiger charge is -2.51. The molecule has 5 aliphatic carbocycles. The van der Waals surface area contributed by atoms with E-state index in [1.807, 2.05) is 0 Å². The van der Waals surface area contributed by atoms with Crippen LogP contribution in [0.15, 0.2) is 23.5 Å². The molecule has 0 aromatic rings. The fourth-order valence-corrected chi connectivity index (χ4v) is 6.76. The number of Topliss-reactive ketones (excluding diaryl/α,β-unsaturated/α-hetero) is 1. The maximum Gasteiger partial charge on any atom is 0.142 e. The van der Waals surface area contributed by atoms with Crippen molar-refractivity contribution in [1.82, 2.24) is 0 Å². The minimum Gasteiger partial charge on any atom is -0.501 e. The Bertz CT molecular complexity index is 601. The van der Waals surface area contributed by atoms with Crippen molar-refractivity contribution in [1.29, 1.82) is 0 Å². The molecule has 2 nitrogen and oxygen atoms in total. The van der Waals surface area contributed by atoms with Gasteiger partial charge in [-0.25, -0.2) is 0 Å². The first-order valence-corrected chi connectivity index (χ1v) is 9.12. The van der Waals surface area contributed by atoms with Gasteiger partial charge in [-0.05, 0) is 73.3 Å². The van der Waals surface area contributed by atoms with E-state index in [1.165, 1.54) is 31.3 Å². The number of carbonyl (C=O) groups is 1. The highest BCUT2D eigenvalue weighted by Crippen LogP contribution is 2.70. The standard InChI is InChI=1S/C20H26O2/c1-20-8-7-14-13-6-4-12(22-2)9-11(13)3-5-15(14)18(20)16-10-17(16)19(20)21/h3,9,13-18H,4-8,10H2,1-2H3/t13-,14+,15+,16+,17-,18+,20-/m0/s1. The number of rotatable bonds is 1. The van der Waals surface area contributed by atoms with E-state index >= 15 is 0 Å². The lowest BCUT2D eigenvalue weighted by molar-refractivity contribution is -0.133. The molecule has 0 heterocycles. The fourth-order valence-electron chi connectivity index (χ4n) is 6.76. The summed E-state index contributed by atoms with van der Waals surface area (Å²) in [5.74, 6) is 5.98. The zero-order valence-electron chi connectivity index (χ0n) is 13.7. The maximum absolute atomic E-state index is 12.7. The van der Waals surface area contributed by atoms with Gasteiger partial charge < -0.3 is 4.74 Å². The van der Waals surface area contributed by atoms with Gasteiger partial charge in [0.15, 0.2) is 0 Å². The molecule has 0 spiro atoms. The summed E-state index contributed by atoms with van der Waals surface area (Å²) in [6.07, 6.45) is 11.9. The second kappa shape index (κ2) is 4.27. The van der Waals surface area contributed by atoms with Crippen LogP contribution in [0.1, 0.15) is 45.4 Å². The summed E-state index contributed by atoms with van der Waals surface area (Å²) in [7, 11) is 1.79. The molecular formula is C20H26O2. The molecular weight excluding hydrogens is 272 g/mol. The summed E-state index contributed by atoms with van der Waals surface area (Å²) in [6, 6.07) is 0. The monoisotopic (exact) mass is 298 g/mol. The van der Waals surface area contributed by atoms with Crippen LogP contribution >= 0.6 is 0 Å². The Morgan fingerprint density at radius 3 is 2.86 bits per heavy atom. The van der Waals surface area contributed by atoms with Gasteiger partial charge in [-0.15, -0.1) is 0 Å². The average molecular weight is 298 g/mol. The molecule has 0 unspecified atom stereocenters. The van der Waals surface area contributed by atoms with Crippen LogP contribution in [0.3, 0.4) is 0 Å². The topological polar surface area (TPSA) is 26.3 Å². The molecule has 3 saturated carbocycles. The van der Waals surface area contributed by atoms with Gasteiger partial charge in [0.2, 0.25) is 0 Å². The molecule has 0 bridgehead atoms. The second-order valence-corrected chi connectivity index (χ2v) is 8.58. The van der Waals surface area contributed by atoms with Crippen molar-refractivity contribution in [3.63, 3.8) is 0 Å². The van der Waals surface area contributed by atoms with Crippen molar-refractivity contribution in [3.05, 3.63) is 23.5 Å². The molecule has 0 aromatic heterocycles. The van der Waals surface area contributed by atoms with E-state index in [9.17, 15) is 4.79 Å². The molecule has 0 aliphatic heterocycles. The highest BCUT2D eigenvalue weighted by Gasteiger charge is 2.69. The van der Waals surface area contributed by atoms with Crippen molar-refractivity contribution < 1.29 is 9.53 Å². The normalized spacial score (nSPS) is 51.8. The van der Waals surface area contributed by atoms with Crippen LogP contribution < -0.4 is 0 Å². The Balaban J connectivity index is 1.50. The predicted octanol–water partition coefficient (Wildman–Crippen LogP) is 4.12. The summed E-state index contributed by atoms with van der Waals surface area (Å²) >= 11 is 0. The zero-order valence-corrected chi connectivity index (χ0v) is 13.7. The summed E-state index contributed by atoms with van der Waals surface area (Å²) in [5.41, 5.74) is 1.56. The lowest BCUT2D eigenvalue weighted by atomic mass is 9.52. The number of ether oxygens (including phenoxy) is 1. The maximum atomic E-state index is 12.7. The number of ketones is 1. The fraction of sp³-hybridized carbons (Fsp3) is 0.750. The second-order valence-electron chi connectivity index (χ2n) is 8.58. The number of hydrogen-bond donors (Lipinski definition) is 0. The molecule has 7 atom stereocenters. The number of allylic oxidation sites excluding steroid dienone is 4. The van der Waals surface area contributed by atoms with E-state index in [4.69, 9.17) is 4.74 Å². The zero-order chi connectivity index (χ0) is 15.1. The summed E-state index contributed by atoms with van der Waals surface area (Å²) in [6.45, 7) is 2.30. The number of methoxy groups -OCH3 is 1. The van der Waals surface area contributed by atoms with E-state index in [0.29, 0.717) is 17.6 Å². The van der Waals surface area contributed by atoms with Gasteiger partial charge in [-0.1, -0.05) is 13.0 Å². The van der Waals surface area contributed by atoms with Crippen LogP contribution in [0.2, 0.25) is 0 Å². The van der Waals surface area contributed by atoms with Crippen LogP contribution in [0.5, 0.6) is 0 Å². The SMILES string of the molecule is COC1=CC2=CC[C@@H]3[C@H](CC[C@]4(C)C(=O)[C@H]5C[C@H]5[C@@H]34)[C@H]2CC1. The lowest BCUT2D eigenvalue weighted by Crippen LogP contribution is -2.47. The van der Waals surface area contributed by atoms with Crippen LogP contribution in [0, 0.1) is 40.9 Å². The van der Waals surface area contributed by atoms with Crippen molar-refractivity contribution in [2.75, 3.05) is 7.11 Å². The molecule has 2 heteroatoms. The van der Waals surface area contributed by atoms with Crippen LogP contribution in [-0.4, -0.2) is 12.9 Å². The van der Waals surface area contributed by atoms with E-state index < -0.39 is 0 Å². The first-order valence-electron chi connectivity index (χ1n) is 9.12. The van der Waals surface area contributed by atoms with Crippen LogP contribution in [0.25, 0.3) is 0 Å². The molecule has 0 saturated heterocycles. The summed E-state index contributed by atoms with van der Waals surface area (Å²) in [4.78, 5) is 12.7. The van der Waals surface area contributed by atoms with Crippen molar-refractivity contribution in [3.8, 4) is 0 Å². The molecule has 22 heavy (non-hydrogen) atoms. The predicted molar refractivity (Wildman–Crippen MR) is 84.9 cm³/mol. The average Bonchev–Trinajstić information content (AvgIpc) is 3.28. The molecule has 118 valence electrons. The van der Waals surface area contributed by atoms with Gasteiger partial charge in [-0.2, -0.15) is 0 Å². The minimum atomic E-state index is 0.0300. The Labute approximate surface area is 133 Å². The smallest absolute Gasteiger partial charge is 0.142 e. The van der Waals surface area contributed by atoms with Gasteiger partial charge >= 0.3 is 0 Å². The molecule has 5 rings (SSSR count). The Kier molecular flexibility index (Phi) is 2.60. The minimum absolute atomic E-state index is 0.0300. The van der Waals surface area contributed by atoms with E-state index in [2.05, 4.69) is 19.1 Å². The van der Waals surface area contributed by atoms with E-state index in [1.54, 1.807) is 7.11 Å². The van der Waals surface area contributed by atoms with Crippen LogP contribution in [0.4, 0.5) is 0 Å². The van der Waals surface area contributed by atoms with Gasteiger partial charge in [0.25, 0.3) is 0 Å². The van der Waals surface area contributed by atoms with Gasteiger partial charge in [-0.3, -0.25) is 4.79 Å². The molecule has 5 aliphatic rings. The van der Waals surface area contributed by atoms with Gasteiger partial charge in [0.05, 0.1) is 12.9 Å². The molecule has 0 radical (unpaired) electrons. The molecule has 0 N–H and O–H groups in total. The van der Waals surface area contributed by atoms with E-state index in [0.717, 1.165) is 42.3 Å². The number of hydrogen-bond acceptors (Lipinski definition) is 2.